The summed E-state index contributed by atoms with van der Waals surface area (Å²) in [6, 6.07) is 11.2. The molecule has 0 spiro atoms. The second kappa shape index (κ2) is 5.33. The van der Waals surface area contributed by atoms with Crippen LogP contribution >= 0.6 is 0 Å². The molecule has 102 valence electrons. The van der Waals surface area contributed by atoms with Gasteiger partial charge in [-0.3, -0.25) is 9.36 Å². The second-order valence-corrected chi connectivity index (χ2v) is 4.86. The van der Waals surface area contributed by atoms with Crippen LogP contribution in [0.15, 0.2) is 42.6 Å². The van der Waals surface area contributed by atoms with E-state index in [9.17, 15) is 9.59 Å². The summed E-state index contributed by atoms with van der Waals surface area (Å²) < 4.78 is 6.74. The molecule has 1 aliphatic rings. The Morgan fingerprint density at radius 1 is 1.15 bits per heavy atom. The first-order valence-corrected chi connectivity index (χ1v) is 6.70. The van der Waals surface area contributed by atoms with Crippen molar-refractivity contribution in [2.75, 3.05) is 0 Å². The molecule has 0 radical (unpaired) electrons. The minimum Gasteiger partial charge on any atom is -0.444 e. The van der Waals surface area contributed by atoms with Crippen molar-refractivity contribution in [2.45, 2.75) is 25.9 Å². The van der Waals surface area contributed by atoms with E-state index in [1.165, 1.54) is 4.57 Å². The van der Waals surface area contributed by atoms with E-state index >= 15 is 0 Å². The Labute approximate surface area is 117 Å². The molecule has 0 amide bonds. The number of carbonyl (C=O) groups is 2. The van der Waals surface area contributed by atoms with Crippen LogP contribution in [-0.2, 0) is 17.8 Å². The lowest BCUT2D eigenvalue weighted by Gasteiger charge is -2.14. The fraction of sp³-hybridized carbons (Fsp3) is 0.250. The van der Waals surface area contributed by atoms with Crippen molar-refractivity contribution >= 4 is 11.9 Å². The highest BCUT2D eigenvalue weighted by Crippen LogP contribution is 2.22. The number of hydrogen-bond donors (Lipinski definition) is 0. The van der Waals surface area contributed by atoms with Crippen molar-refractivity contribution in [1.29, 1.82) is 0 Å². The molecular weight excluding hydrogens is 254 g/mol. The zero-order valence-electron chi connectivity index (χ0n) is 11.0. The Morgan fingerprint density at radius 2 is 1.95 bits per heavy atom. The van der Waals surface area contributed by atoms with Crippen molar-refractivity contribution < 1.29 is 14.3 Å². The van der Waals surface area contributed by atoms with E-state index in [1.54, 1.807) is 12.3 Å². The van der Waals surface area contributed by atoms with Gasteiger partial charge in [-0.05, 0) is 24.5 Å². The third-order valence-electron chi connectivity index (χ3n) is 3.51. The Bertz CT molecular complexity index is 643. The number of carbonyl (C=O) groups excluding carboxylic acids is 2. The van der Waals surface area contributed by atoms with Gasteiger partial charge in [-0.1, -0.05) is 30.3 Å². The average molecular weight is 269 g/mol. The topological polar surface area (TPSA) is 48.3 Å². The molecule has 1 aliphatic carbocycles. The maximum Gasteiger partial charge on any atom is 0.418 e. The Kier molecular flexibility index (Phi) is 3.37. The van der Waals surface area contributed by atoms with Gasteiger partial charge in [-0.25, -0.2) is 4.79 Å². The van der Waals surface area contributed by atoms with Gasteiger partial charge in [0.2, 0.25) is 0 Å². The Morgan fingerprint density at radius 3 is 2.75 bits per heavy atom. The maximum atomic E-state index is 12.1. The molecule has 2 aromatic rings. The van der Waals surface area contributed by atoms with Crippen LogP contribution in [0.3, 0.4) is 0 Å². The maximum absolute atomic E-state index is 12.1. The average Bonchev–Trinajstić information content (AvgIpc) is 2.91. The van der Waals surface area contributed by atoms with Gasteiger partial charge in [0.05, 0.1) is 0 Å². The summed E-state index contributed by atoms with van der Waals surface area (Å²) in [5.74, 6) is 0.112. The van der Waals surface area contributed by atoms with Crippen molar-refractivity contribution in [3.8, 4) is 0 Å². The third kappa shape index (κ3) is 2.37. The number of aromatic nitrogens is 1. The zero-order chi connectivity index (χ0) is 13.9. The van der Waals surface area contributed by atoms with Crippen LogP contribution in [0.4, 0.5) is 4.79 Å². The van der Waals surface area contributed by atoms with Crippen LogP contribution in [0, 0.1) is 0 Å². The minimum absolute atomic E-state index is 0.112. The molecular formula is C16H15NO3. The number of Topliss-reactive ketones (excluding diaryl/α,β-unsaturated/α-hetero) is 1. The SMILES string of the molecule is O=C1CCCc2c1ccn2C(=O)OCc1ccccc1. The van der Waals surface area contributed by atoms with Crippen molar-refractivity contribution in [2.24, 2.45) is 0 Å². The summed E-state index contributed by atoms with van der Waals surface area (Å²) in [5, 5.41) is 0. The van der Waals surface area contributed by atoms with Gasteiger partial charge in [-0.2, -0.15) is 0 Å². The van der Waals surface area contributed by atoms with Gasteiger partial charge in [0, 0.05) is 23.9 Å². The summed E-state index contributed by atoms with van der Waals surface area (Å²) in [6.07, 6.45) is 3.30. The highest BCUT2D eigenvalue weighted by molar-refractivity contribution is 5.99. The predicted molar refractivity (Wildman–Crippen MR) is 73.7 cm³/mol. The number of fused-ring (bicyclic) bond motifs is 1. The molecule has 20 heavy (non-hydrogen) atoms. The summed E-state index contributed by atoms with van der Waals surface area (Å²) in [4.78, 5) is 23.8. The van der Waals surface area contributed by atoms with Gasteiger partial charge in [-0.15, -0.1) is 0 Å². The fourth-order valence-corrected chi connectivity index (χ4v) is 2.48. The molecule has 4 nitrogen and oxygen atoms in total. The van der Waals surface area contributed by atoms with Gasteiger partial charge in [0.1, 0.15) is 6.61 Å². The molecule has 1 heterocycles. The first-order chi connectivity index (χ1) is 9.75. The van der Waals surface area contributed by atoms with E-state index in [1.807, 2.05) is 30.3 Å². The van der Waals surface area contributed by atoms with E-state index in [0.29, 0.717) is 12.0 Å². The molecule has 0 bridgehead atoms. The normalized spacial score (nSPS) is 13.9. The van der Waals surface area contributed by atoms with Crippen LogP contribution < -0.4 is 0 Å². The lowest BCUT2D eigenvalue weighted by molar-refractivity contribution is 0.0971. The quantitative estimate of drug-likeness (QED) is 0.841. The zero-order valence-corrected chi connectivity index (χ0v) is 11.0. The second-order valence-electron chi connectivity index (χ2n) is 4.86. The smallest absolute Gasteiger partial charge is 0.418 e. The minimum atomic E-state index is -0.426. The summed E-state index contributed by atoms with van der Waals surface area (Å²) in [6.45, 7) is 0.237. The molecule has 0 unspecified atom stereocenters. The molecule has 0 saturated carbocycles. The van der Waals surface area contributed by atoms with Crippen LogP contribution in [0.25, 0.3) is 0 Å². The van der Waals surface area contributed by atoms with Gasteiger partial charge < -0.3 is 4.74 Å². The first kappa shape index (κ1) is 12.7. The molecule has 0 aliphatic heterocycles. The van der Waals surface area contributed by atoms with E-state index < -0.39 is 6.09 Å². The number of benzene rings is 1. The number of ketones is 1. The van der Waals surface area contributed by atoms with E-state index in [4.69, 9.17) is 4.74 Å². The largest absolute Gasteiger partial charge is 0.444 e. The molecule has 4 heteroatoms. The number of nitrogens with zero attached hydrogens (tertiary/aromatic N) is 1. The Hall–Kier alpha value is -2.36. The summed E-state index contributed by atoms with van der Waals surface area (Å²) in [7, 11) is 0. The molecule has 3 rings (SSSR count). The molecule has 1 aromatic heterocycles. The lowest BCUT2D eigenvalue weighted by Crippen LogP contribution is -2.19. The predicted octanol–water partition coefficient (Wildman–Crippen LogP) is 3.19. The number of rotatable bonds is 2. The number of hydrogen-bond acceptors (Lipinski definition) is 3. The molecule has 0 saturated heterocycles. The third-order valence-corrected chi connectivity index (χ3v) is 3.51. The first-order valence-electron chi connectivity index (χ1n) is 6.70. The lowest BCUT2D eigenvalue weighted by atomic mass is 9.97. The van der Waals surface area contributed by atoms with Crippen LogP contribution in [-0.4, -0.2) is 16.4 Å². The van der Waals surface area contributed by atoms with Gasteiger partial charge in [0.15, 0.2) is 5.78 Å². The fourth-order valence-electron chi connectivity index (χ4n) is 2.48. The van der Waals surface area contributed by atoms with Gasteiger partial charge in [0.25, 0.3) is 0 Å². The monoisotopic (exact) mass is 269 g/mol. The van der Waals surface area contributed by atoms with Gasteiger partial charge >= 0.3 is 6.09 Å². The van der Waals surface area contributed by atoms with Crippen LogP contribution in [0.2, 0.25) is 0 Å². The molecule has 0 atom stereocenters. The van der Waals surface area contributed by atoms with Crippen molar-refractivity contribution in [3.05, 3.63) is 59.4 Å². The summed E-state index contributed by atoms with van der Waals surface area (Å²) >= 11 is 0. The molecule has 0 N–H and O–H groups in total. The molecule has 0 fully saturated rings. The van der Waals surface area contributed by atoms with Crippen molar-refractivity contribution in [1.82, 2.24) is 4.57 Å². The highest BCUT2D eigenvalue weighted by Gasteiger charge is 2.23. The van der Waals surface area contributed by atoms with Crippen LogP contribution in [0.5, 0.6) is 0 Å². The highest BCUT2D eigenvalue weighted by atomic mass is 16.5. The molecule has 1 aromatic carbocycles. The van der Waals surface area contributed by atoms with E-state index in [0.717, 1.165) is 24.1 Å². The number of ether oxygens (including phenoxy) is 1. The van der Waals surface area contributed by atoms with E-state index in [-0.39, 0.29) is 12.4 Å². The Balaban J connectivity index is 1.73. The van der Waals surface area contributed by atoms with Crippen molar-refractivity contribution in [3.63, 3.8) is 0 Å². The summed E-state index contributed by atoms with van der Waals surface area (Å²) in [5.41, 5.74) is 2.38. The van der Waals surface area contributed by atoms with E-state index in [2.05, 4.69) is 0 Å². The van der Waals surface area contributed by atoms with Crippen LogP contribution in [0.1, 0.15) is 34.5 Å². The standard InChI is InChI=1S/C16H15NO3/c18-15-8-4-7-14-13(15)9-10-17(14)16(19)20-11-12-5-2-1-3-6-12/h1-3,5-6,9-10H,4,7-8,11H2.